The van der Waals surface area contributed by atoms with Crippen molar-refractivity contribution in [2.75, 3.05) is 39.5 Å². The molecule has 4 rings (SSSR count). The molecule has 3 N–H and O–H groups in total. The molecule has 0 bridgehead atoms. The quantitative estimate of drug-likeness (QED) is 0.355. The monoisotopic (exact) mass is 494 g/mol. The molecule has 36 heavy (non-hydrogen) atoms. The van der Waals surface area contributed by atoms with Gasteiger partial charge in [0.15, 0.2) is 23.0 Å². The second-order valence-corrected chi connectivity index (χ2v) is 7.60. The number of benzene rings is 2. The number of hydrogen-bond donors (Lipinski definition) is 2. The number of hydrogen-bond acceptors (Lipinski definition) is 10. The number of para-hydroxylation sites is 1. The summed E-state index contributed by atoms with van der Waals surface area (Å²) < 4.78 is 28.6. The summed E-state index contributed by atoms with van der Waals surface area (Å²) in [5.74, 6) is 2.54. The fourth-order valence-electron chi connectivity index (χ4n) is 3.56. The number of nitrogen functional groups attached to an aromatic ring is 1. The maximum absolute atomic E-state index is 12.8. The Morgan fingerprint density at radius 3 is 2.42 bits per heavy atom. The molecule has 188 valence electrons. The highest BCUT2D eigenvalue weighted by atomic mass is 16.5. The molecule has 0 fully saturated rings. The largest absolute Gasteiger partial charge is 0.497 e. The van der Waals surface area contributed by atoms with Crippen LogP contribution in [0.4, 0.5) is 11.5 Å². The van der Waals surface area contributed by atoms with Gasteiger partial charge in [-0.1, -0.05) is 11.3 Å². The Bertz CT molecular complexity index is 1370. The summed E-state index contributed by atoms with van der Waals surface area (Å²) in [5.41, 5.74) is 7.82. The zero-order valence-electron chi connectivity index (χ0n) is 20.5. The van der Waals surface area contributed by atoms with Crippen molar-refractivity contribution in [3.63, 3.8) is 0 Å². The number of carbonyl (C=O) groups excluding carboxylic acids is 1. The summed E-state index contributed by atoms with van der Waals surface area (Å²) in [7, 11) is 6.14. The number of oxazole rings is 1. The van der Waals surface area contributed by atoms with Crippen LogP contribution in [0, 0.1) is 6.92 Å². The Labute approximate surface area is 206 Å². The van der Waals surface area contributed by atoms with Crippen molar-refractivity contribution < 1.29 is 28.2 Å². The number of nitrogens with two attached hydrogens (primary N) is 1. The molecule has 4 aromatic rings. The van der Waals surface area contributed by atoms with Crippen LogP contribution in [0.25, 0.3) is 11.5 Å². The van der Waals surface area contributed by atoms with Crippen molar-refractivity contribution >= 4 is 17.4 Å². The van der Waals surface area contributed by atoms with E-state index in [9.17, 15) is 4.79 Å². The predicted octanol–water partition coefficient (Wildman–Crippen LogP) is 3.16. The lowest BCUT2D eigenvalue weighted by molar-refractivity contribution is 0.102. The van der Waals surface area contributed by atoms with Gasteiger partial charge >= 0.3 is 0 Å². The average molecular weight is 495 g/mol. The molecule has 0 saturated heterocycles. The molecule has 2 aromatic carbocycles. The van der Waals surface area contributed by atoms with Crippen LogP contribution in [-0.2, 0) is 6.54 Å². The van der Waals surface area contributed by atoms with Crippen molar-refractivity contribution in [3.8, 4) is 34.5 Å². The summed E-state index contributed by atoms with van der Waals surface area (Å²) in [4.78, 5) is 17.4. The number of ether oxygens (including phenoxy) is 4. The van der Waals surface area contributed by atoms with E-state index in [1.54, 1.807) is 45.4 Å². The molecule has 12 heteroatoms. The van der Waals surface area contributed by atoms with Crippen LogP contribution in [0.2, 0.25) is 0 Å². The van der Waals surface area contributed by atoms with E-state index >= 15 is 0 Å². The molecule has 1 amide bonds. The van der Waals surface area contributed by atoms with E-state index in [1.807, 2.05) is 12.1 Å². The van der Waals surface area contributed by atoms with Gasteiger partial charge in [-0.05, 0) is 19.1 Å². The molecule has 0 aliphatic heterocycles. The van der Waals surface area contributed by atoms with Crippen LogP contribution in [-0.4, -0.2) is 54.3 Å². The lowest BCUT2D eigenvalue weighted by Gasteiger charge is -2.10. The van der Waals surface area contributed by atoms with Crippen LogP contribution < -0.4 is 30.0 Å². The molecular formula is C24H26N6O6. The minimum atomic E-state index is -0.535. The molecular weight excluding hydrogens is 468 g/mol. The maximum atomic E-state index is 12.8. The fourth-order valence-corrected chi connectivity index (χ4v) is 3.56. The van der Waals surface area contributed by atoms with E-state index in [0.29, 0.717) is 51.6 Å². The Hall–Kier alpha value is -4.74. The maximum Gasteiger partial charge on any atom is 0.280 e. The van der Waals surface area contributed by atoms with Gasteiger partial charge in [0.2, 0.25) is 5.89 Å². The number of nitrogens with zero attached hydrogens (tertiary/aromatic N) is 4. The molecule has 12 nitrogen and oxygen atoms in total. The van der Waals surface area contributed by atoms with Crippen LogP contribution in [0.15, 0.2) is 40.8 Å². The third kappa shape index (κ3) is 4.73. The van der Waals surface area contributed by atoms with E-state index < -0.39 is 5.91 Å². The summed E-state index contributed by atoms with van der Waals surface area (Å²) in [5, 5.41) is 10.7. The van der Waals surface area contributed by atoms with Gasteiger partial charge in [0.25, 0.3) is 5.91 Å². The summed E-state index contributed by atoms with van der Waals surface area (Å²) >= 11 is 0. The summed E-state index contributed by atoms with van der Waals surface area (Å²) in [6.07, 6.45) is 0. The number of amides is 1. The van der Waals surface area contributed by atoms with Gasteiger partial charge in [0, 0.05) is 23.9 Å². The minimum absolute atomic E-state index is 0.0346. The van der Waals surface area contributed by atoms with Crippen LogP contribution >= 0.6 is 0 Å². The van der Waals surface area contributed by atoms with Crippen LogP contribution in [0.1, 0.15) is 21.9 Å². The third-order valence-electron chi connectivity index (χ3n) is 5.42. The first kappa shape index (κ1) is 24.4. The smallest absolute Gasteiger partial charge is 0.280 e. The van der Waals surface area contributed by atoms with E-state index in [0.717, 1.165) is 0 Å². The first-order valence-corrected chi connectivity index (χ1v) is 10.8. The normalized spacial score (nSPS) is 10.7. The van der Waals surface area contributed by atoms with E-state index in [-0.39, 0.29) is 18.1 Å². The topological polar surface area (TPSA) is 149 Å². The lowest BCUT2D eigenvalue weighted by Crippen LogP contribution is -2.15. The second-order valence-electron chi connectivity index (χ2n) is 7.60. The molecule has 0 spiro atoms. The fraction of sp³-hybridized carbons (Fsp3) is 0.250. The van der Waals surface area contributed by atoms with Gasteiger partial charge < -0.3 is 34.4 Å². The highest BCUT2D eigenvalue weighted by Gasteiger charge is 2.22. The van der Waals surface area contributed by atoms with Crippen molar-refractivity contribution in [2.24, 2.45) is 0 Å². The van der Waals surface area contributed by atoms with Gasteiger partial charge in [-0.25, -0.2) is 9.67 Å². The SMILES string of the molecule is COc1cc(NC(=O)c2nnn(Cc3nc(-c4cccc(OC)c4OC)oc3C)c2N)cc(OC)c1. The van der Waals surface area contributed by atoms with E-state index in [1.165, 1.54) is 18.9 Å². The number of aryl methyl sites for hydroxylation is 1. The predicted molar refractivity (Wildman–Crippen MR) is 131 cm³/mol. The molecule has 0 radical (unpaired) electrons. The molecule has 0 aliphatic rings. The first-order chi connectivity index (χ1) is 17.4. The Morgan fingerprint density at radius 2 is 1.78 bits per heavy atom. The Morgan fingerprint density at radius 1 is 1.06 bits per heavy atom. The minimum Gasteiger partial charge on any atom is -0.497 e. The van der Waals surface area contributed by atoms with Crippen molar-refractivity contribution in [3.05, 3.63) is 53.5 Å². The molecule has 2 aromatic heterocycles. The van der Waals surface area contributed by atoms with Crippen molar-refractivity contribution in [1.82, 2.24) is 20.0 Å². The van der Waals surface area contributed by atoms with Gasteiger partial charge in [-0.2, -0.15) is 0 Å². The molecule has 0 aliphatic carbocycles. The summed E-state index contributed by atoms with van der Waals surface area (Å²) in [6, 6.07) is 10.4. The van der Waals surface area contributed by atoms with Crippen molar-refractivity contribution in [2.45, 2.75) is 13.5 Å². The molecule has 0 atom stereocenters. The molecule has 0 unspecified atom stereocenters. The number of anilines is 2. The van der Waals surface area contributed by atoms with E-state index in [2.05, 4.69) is 20.6 Å². The van der Waals surface area contributed by atoms with Gasteiger partial charge in [0.05, 0.1) is 40.5 Å². The Balaban J connectivity index is 1.56. The number of aromatic nitrogens is 4. The zero-order valence-corrected chi connectivity index (χ0v) is 20.5. The molecule has 0 saturated carbocycles. The van der Waals surface area contributed by atoms with Crippen molar-refractivity contribution in [1.29, 1.82) is 0 Å². The Kier molecular flexibility index (Phi) is 6.95. The standard InChI is InChI=1S/C24H26N6O6/c1-13-18(27-24(36-13)17-7-6-8-19(34-4)21(17)35-5)12-30-22(25)20(28-29-30)23(31)26-14-9-15(32-2)11-16(10-14)33-3/h6-11H,12,25H2,1-5H3,(H,26,31). The second kappa shape index (κ2) is 10.3. The average Bonchev–Trinajstić information content (AvgIpc) is 3.44. The van der Waals surface area contributed by atoms with Gasteiger partial charge in [-0.15, -0.1) is 5.10 Å². The van der Waals surface area contributed by atoms with Crippen LogP contribution in [0.5, 0.6) is 23.0 Å². The first-order valence-electron chi connectivity index (χ1n) is 10.8. The zero-order chi connectivity index (χ0) is 25.8. The third-order valence-corrected chi connectivity index (χ3v) is 5.42. The number of rotatable bonds is 9. The van der Waals surface area contributed by atoms with E-state index in [4.69, 9.17) is 29.1 Å². The highest BCUT2D eigenvalue weighted by Crippen LogP contribution is 2.38. The number of carbonyl (C=O) groups is 1. The van der Waals surface area contributed by atoms with Crippen LogP contribution in [0.3, 0.4) is 0 Å². The van der Waals surface area contributed by atoms with Gasteiger partial charge in [-0.3, -0.25) is 4.79 Å². The number of nitrogens with one attached hydrogen (secondary N) is 1. The lowest BCUT2D eigenvalue weighted by atomic mass is 10.2. The summed E-state index contributed by atoms with van der Waals surface area (Å²) in [6.45, 7) is 1.91. The number of methoxy groups -OCH3 is 4. The highest BCUT2D eigenvalue weighted by molar-refractivity contribution is 6.05. The molecule has 2 heterocycles. The van der Waals surface area contributed by atoms with Gasteiger partial charge in [0.1, 0.15) is 23.0 Å².